The number of nitrogens with zero attached hydrogens (tertiary/aromatic N) is 1. The van der Waals surface area contributed by atoms with Gasteiger partial charge < -0.3 is 5.73 Å². The molecule has 2 N–H and O–H groups in total. The number of carbonyl (C=O) groups is 1. The SMILES string of the molecule is NC(=O)c1nc(/C=C\SC(c2ccccc2)(c2ccccc2)c2ccccc2)cs1. The Kier molecular flexibility index (Phi) is 6.12. The number of hydrogen-bond acceptors (Lipinski definition) is 4. The van der Waals surface area contributed by atoms with Crippen molar-refractivity contribution in [3.8, 4) is 0 Å². The Morgan fingerprint density at radius 1 is 0.833 bits per heavy atom. The largest absolute Gasteiger partial charge is 0.364 e. The van der Waals surface area contributed by atoms with Crippen LogP contribution in [0.15, 0.2) is 102 Å². The van der Waals surface area contributed by atoms with Crippen LogP contribution in [0.2, 0.25) is 0 Å². The molecule has 0 spiro atoms. The Hall–Kier alpha value is -3.15. The fraction of sp³-hybridized carbons (Fsp3) is 0.0400. The molecule has 1 aromatic heterocycles. The molecule has 0 atom stereocenters. The maximum Gasteiger partial charge on any atom is 0.277 e. The van der Waals surface area contributed by atoms with E-state index in [0.717, 1.165) is 5.69 Å². The fourth-order valence-corrected chi connectivity index (χ4v) is 5.27. The van der Waals surface area contributed by atoms with Gasteiger partial charge in [-0.1, -0.05) is 91.0 Å². The molecule has 0 fully saturated rings. The lowest BCUT2D eigenvalue weighted by molar-refractivity contribution is 0.1000. The van der Waals surface area contributed by atoms with Crippen LogP contribution in [0.3, 0.4) is 0 Å². The van der Waals surface area contributed by atoms with E-state index in [1.54, 1.807) is 11.8 Å². The highest BCUT2D eigenvalue weighted by Gasteiger charge is 2.36. The first kappa shape index (κ1) is 20.1. The molecule has 0 aliphatic carbocycles. The second-order valence-electron chi connectivity index (χ2n) is 6.64. The molecule has 0 radical (unpaired) electrons. The summed E-state index contributed by atoms with van der Waals surface area (Å²) in [6, 6.07) is 31.5. The number of rotatable bonds is 7. The van der Waals surface area contributed by atoms with Crippen molar-refractivity contribution in [2.45, 2.75) is 4.75 Å². The molecule has 5 heteroatoms. The highest BCUT2D eigenvalue weighted by molar-refractivity contribution is 8.03. The lowest BCUT2D eigenvalue weighted by atomic mass is 9.84. The molecular weight excluding hydrogens is 408 g/mol. The summed E-state index contributed by atoms with van der Waals surface area (Å²) in [5.41, 5.74) is 9.62. The lowest BCUT2D eigenvalue weighted by Crippen LogP contribution is -2.24. The zero-order chi connectivity index (χ0) is 20.8. The number of hydrogen-bond donors (Lipinski definition) is 1. The van der Waals surface area contributed by atoms with E-state index in [9.17, 15) is 4.79 Å². The minimum Gasteiger partial charge on any atom is -0.364 e. The zero-order valence-electron chi connectivity index (χ0n) is 16.1. The second-order valence-corrected chi connectivity index (χ2v) is 8.62. The van der Waals surface area contributed by atoms with Gasteiger partial charge in [0.05, 0.1) is 10.4 Å². The van der Waals surface area contributed by atoms with E-state index in [1.807, 2.05) is 35.1 Å². The summed E-state index contributed by atoms with van der Waals surface area (Å²) in [4.78, 5) is 15.6. The summed E-state index contributed by atoms with van der Waals surface area (Å²) in [7, 11) is 0. The summed E-state index contributed by atoms with van der Waals surface area (Å²) in [5, 5.41) is 4.21. The highest BCUT2D eigenvalue weighted by Crippen LogP contribution is 2.49. The van der Waals surface area contributed by atoms with Crippen molar-refractivity contribution in [1.29, 1.82) is 0 Å². The minimum absolute atomic E-state index is 0.320. The summed E-state index contributed by atoms with van der Waals surface area (Å²) in [5.74, 6) is -0.500. The minimum atomic E-state index is -0.500. The van der Waals surface area contributed by atoms with Crippen molar-refractivity contribution < 1.29 is 4.79 Å². The van der Waals surface area contributed by atoms with E-state index >= 15 is 0 Å². The number of aromatic nitrogens is 1. The van der Waals surface area contributed by atoms with Crippen molar-refractivity contribution in [2.75, 3.05) is 0 Å². The number of benzene rings is 3. The number of thioether (sulfide) groups is 1. The molecule has 1 amide bonds. The third-order valence-electron chi connectivity index (χ3n) is 4.76. The highest BCUT2D eigenvalue weighted by atomic mass is 32.2. The van der Waals surface area contributed by atoms with E-state index in [4.69, 9.17) is 5.73 Å². The number of nitrogens with two attached hydrogens (primary N) is 1. The van der Waals surface area contributed by atoms with Crippen molar-refractivity contribution in [3.63, 3.8) is 0 Å². The number of amides is 1. The summed E-state index contributed by atoms with van der Waals surface area (Å²) >= 11 is 2.97. The molecule has 0 bridgehead atoms. The van der Waals surface area contributed by atoms with Crippen LogP contribution in [0.5, 0.6) is 0 Å². The van der Waals surface area contributed by atoms with E-state index < -0.39 is 10.7 Å². The zero-order valence-corrected chi connectivity index (χ0v) is 17.8. The number of primary amides is 1. The summed E-state index contributed by atoms with van der Waals surface area (Å²) in [6.07, 6.45) is 1.93. The molecule has 3 aromatic carbocycles. The molecule has 4 rings (SSSR count). The van der Waals surface area contributed by atoms with Gasteiger partial charge in [0.2, 0.25) is 0 Å². The average Bonchev–Trinajstić information content (AvgIpc) is 3.28. The molecule has 30 heavy (non-hydrogen) atoms. The summed E-state index contributed by atoms with van der Waals surface area (Å²) < 4.78 is -0.428. The molecule has 0 saturated heterocycles. The van der Waals surface area contributed by atoms with Gasteiger partial charge in [0, 0.05) is 5.38 Å². The van der Waals surface area contributed by atoms with Gasteiger partial charge in [-0.15, -0.1) is 23.1 Å². The maximum absolute atomic E-state index is 11.3. The van der Waals surface area contributed by atoms with Crippen LogP contribution in [0.4, 0.5) is 0 Å². The molecule has 0 aliphatic heterocycles. The van der Waals surface area contributed by atoms with Crippen LogP contribution in [0.25, 0.3) is 6.08 Å². The summed E-state index contributed by atoms with van der Waals surface area (Å²) in [6.45, 7) is 0. The average molecular weight is 429 g/mol. The van der Waals surface area contributed by atoms with Gasteiger partial charge in [-0.25, -0.2) is 4.98 Å². The molecule has 0 saturated carbocycles. The first-order chi connectivity index (χ1) is 14.7. The van der Waals surface area contributed by atoms with Gasteiger partial charge in [-0.3, -0.25) is 4.79 Å². The van der Waals surface area contributed by atoms with E-state index in [1.165, 1.54) is 28.0 Å². The van der Waals surface area contributed by atoms with E-state index in [2.05, 4.69) is 77.8 Å². The van der Waals surface area contributed by atoms with Gasteiger partial charge in [0.1, 0.15) is 0 Å². The number of carbonyl (C=O) groups excluding carboxylic acids is 1. The Labute approximate surface area is 184 Å². The Bertz CT molecular complexity index is 1040. The van der Waals surface area contributed by atoms with Crippen LogP contribution in [-0.2, 0) is 4.75 Å². The van der Waals surface area contributed by atoms with E-state index in [0.29, 0.717) is 5.01 Å². The van der Waals surface area contributed by atoms with Gasteiger partial charge >= 0.3 is 0 Å². The molecular formula is C25H20N2OS2. The third-order valence-corrected chi connectivity index (χ3v) is 6.97. The van der Waals surface area contributed by atoms with E-state index in [-0.39, 0.29) is 0 Å². The lowest BCUT2D eigenvalue weighted by Gasteiger charge is -2.34. The normalized spacial score (nSPS) is 11.6. The molecule has 0 aliphatic rings. The first-order valence-electron chi connectivity index (χ1n) is 9.46. The number of thiazole rings is 1. The second kappa shape index (κ2) is 9.11. The predicted molar refractivity (Wildman–Crippen MR) is 126 cm³/mol. The molecule has 4 aromatic rings. The van der Waals surface area contributed by atoms with Gasteiger partial charge in [0.15, 0.2) is 5.01 Å². The van der Waals surface area contributed by atoms with Crippen LogP contribution in [0.1, 0.15) is 32.2 Å². The van der Waals surface area contributed by atoms with Gasteiger partial charge in [-0.05, 0) is 28.2 Å². The Balaban J connectivity index is 1.82. The Morgan fingerprint density at radius 2 is 1.30 bits per heavy atom. The van der Waals surface area contributed by atoms with Gasteiger partial charge in [0.25, 0.3) is 5.91 Å². The first-order valence-corrected chi connectivity index (χ1v) is 11.2. The quantitative estimate of drug-likeness (QED) is 0.371. The predicted octanol–water partition coefficient (Wildman–Crippen LogP) is 5.94. The van der Waals surface area contributed by atoms with Crippen molar-refractivity contribution in [1.82, 2.24) is 4.98 Å². The van der Waals surface area contributed by atoms with Crippen LogP contribution >= 0.6 is 23.1 Å². The van der Waals surface area contributed by atoms with Crippen LogP contribution in [0, 0.1) is 0 Å². The standard InChI is InChI=1S/C25H20N2OS2/c26-23(28)24-27-22(18-29-24)16-17-30-25(19-10-4-1-5-11-19,20-12-6-2-7-13-20)21-14-8-3-9-15-21/h1-18H,(H2,26,28)/b17-16-. The molecule has 3 nitrogen and oxygen atoms in total. The molecule has 148 valence electrons. The monoisotopic (exact) mass is 428 g/mol. The van der Waals surface area contributed by atoms with Gasteiger partial charge in [-0.2, -0.15) is 0 Å². The smallest absolute Gasteiger partial charge is 0.277 e. The van der Waals surface area contributed by atoms with Crippen molar-refractivity contribution in [3.05, 3.63) is 129 Å². The van der Waals surface area contributed by atoms with Crippen molar-refractivity contribution in [2.24, 2.45) is 5.73 Å². The molecule has 1 heterocycles. The topological polar surface area (TPSA) is 56.0 Å². The molecule has 0 unspecified atom stereocenters. The van der Waals surface area contributed by atoms with Crippen LogP contribution in [-0.4, -0.2) is 10.9 Å². The third kappa shape index (κ3) is 4.08. The van der Waals surface area contributed by atoms with Crippen LogP contribution < -0.4 is 5.73 Å². The van der Waals surface area contributed by atoms with Crippen molar-refractivity contribution >= 4 is 35.1 Å². The fourth-order valence-electron chi connectivity index (χ4n) is 3.40. The maximum atomic E-state index is 11.3. The Morgan fingerprint density at radius 3 is 1.70 bits per heavy atom.